The fraction of sp³-hybridized carbons (Fsp3) is 0.700. The standard InChI is InChI=1S/C10H18N2S/c1-4-11-9(7-8(2)3)10-12-5-6-13-10/h5-6,8-9,11H,4,7H2,1-3H3. The Kier molecular flexibility index (Phi) is 4.39. The first-order chi connectivity index (χ1) is 6.24. The third kappa shape index (κ3) is 3.44. The Labute approximate surface area is 84.4 Å². The maximum absolute atomic E-state index is 4.34. The third-order valence-electron chi connectivity index (χ3n) is 1.91. The molecule has 74 valence electrons. The Bertz CT molecular complexity index is 219. The van der Waals surface area contributed by atoms with Crippen LogP contribution in [-0.4, -0.2) is 11.5 Å². The predicted octanol–water partition coefficient (Wildman–Crippen LogP) is 2.84. The number of rotatable bonds is 5. The Hall–Kier alpha value is -0.410. The van der Waals surface area contributed by atoms with Gasteiger partial charge in [0.25, 0.3) is 0 Å². The quantitative estimate of drug-likeness (QED) is 0.787. The van der Waals surface area contributed by atoms with Crippen LogP contribution in [0.15, 0.2) is 11.6 Å². The van der Waals surface area contributed by atoms with E-state index in [-0.39, 0.29) is 0 Å². The van der Waals surface area contributed by atoms with E-state index in [1.54, 1.807) is 11.3 Å². The van der Waals surface area contributed by atoms with E-state index < -0.39 is 0 Å². The summed E-state index contributed by atoms with van der Waals surface area (Å²) >= 11 is 1.74. The molecule has 0 bridgehead atoms. The second-order valence-corrected chi connectivity index (χ2v) is 4.54. The lowest BCUT2D eigenvalue weighted by molar-refractivity contribution is 0.437. The van der Waals surface area contributed by atoms with Crippen LogP contribution in [0.5, 0.6) is 0 Å². The Balaban J connectivity index is 2.57. The summed E-state index contributed by atoms with van der Waals surface area (Å²) in [5.74, 6) is 0.716. The van der Waals surface area contributed by atoms with Crippen LogP contribution in [-0.2, 0) is 0 Å². The van der Waals surface area contributed by atoms with Crippen molar-refractivity contribution in [1.29, 1.82) is 0 Å². The van der Waals surface area contributed by atoms with Gasteiger partial charge in [0.05, 0.1) is 6.04 Å². The van der Waals surface area contributed by atoms with Crippen molar-refractivity contribution >= 4 is 11.3 Å². The van der Waals surface area contributed by atoms with Gasteiger partial charge in [-0.05, 0) is 18.9 Å². The van der Waals surface area contributed by atoms with Gasteiger partial charge in [-0.25, -0.2) is 4.98 Å². The molecule has 1 rings (SSSR count). The lowest BCUT2D eigenvalue weighted by Gasteiger charge is -2.17. The highest BCUT2D eigenvalue weighted by Gasteiger charge is 2.13. The molecule has 1 atom stereocenters. The Morgan fingerprint density at radius 3 is 2.77 bits per heavy atom. The van der Waals surface area contributed by atoms with Gasteiger partial charge < -0.3 is 5.32 Å². The fourth-order valence-corrected chi connectivity index (χ4v) is 2.12. The summed E-state index contributed by atoms with van der Waals surface area (Å²) in [6.45, 7) is 7.65. The molecule has 0 saturated heterocycles. The van der Waals surface area contributed by atoms with Crippen molar-refractivity contribution in [2.45, 2.75) is 33.2 Å². The van der Waals surface area contributed by atoms with Gasteiger partial charge in [-0.3, -0.25) is 0 Å². The highest BCUT2D eigenvalue weighted by Crippen LogP contribution is 2.22. The molecule has 0 saturated carbocycles. The smallest absolute Gasteiger partial charge is 0.109 e. The minimum Gasteiger partial charge on any atom is -0.308 e. The first-order valence-corrected chi connectivity index (χ1v) is 5.74. The van der Waals surface area contributed by atoms with Crippen molar-refractivity contribution in [3.8, 4) is 0 Å². The summed E-state index contributed by atoms with van der Waals surface area (Å²) in [6.07, 6.45) is 3.05. The van der Waals surface area contributed by atoms with E-state index in [2.05, 4.69) is 31.1 Å². The molecular weight excluding hydrogens is 180 g/mol. The van der Waals surface area contributed by atoms with Crippen molar-refractivity contribution < 1.29 is 0 Å². The van der Waals surface area contributed by atoms with Crippen LogP contribution in [0.25, 0.3) is 0 Å². The first kappa shape index (κ1) is 10.7. The van der Waals surface area contributed by atoms with Gasteiger partial charge in [0.15, 0.2) is 0 Å². The fourth-order valence-electron chi connectivity index (χ4n) is 1.40. The van der Waals surface area contributed by atoms with E-state index in [1.165, 1.54) is 11.4 Å². The average molecular weight is 198 g/mol. The van der Waals surface area contributed by atoms with Crippen molar-refractivity contribution in [3.05, 3.63) is 16.6 Å². The van der Waals surface area contributed by atoms with Crippen LogP contribution in [0.3, 0.4) is 0 Å². The third-order valence-corrected chi connectivity index (χ3v) is 2.80. The molecule has 1 unspecified atom stereocenters. The molecule has 13 heavy (non-hydrogen) atoms. The molecule has 0 radical (unpaired) electrons. The average Bonchev–Trinajstić information content (AvgIpc) is 2.54. The van der Waals surface area contributed by atoms with Gasteiger partial charge in [0.2, 0.25) is 0 Å². The molecule has 3 heteroatoms. The van der Waals surface area contributed by atoms with Crippen LogP contribution in [0.4, 0.5) is 0 Å². The number of hydrogen-bond donors (Lipinski definition) is 1. The van der Waals surface area contributed by atoms with Crippen molar-refractivity contribution in [3.63, 3.8) is 0 Å². The maximum Gasteiger partial charge on any atom is 0.109 e. The molecule has 0 aliphatic carbocycles. The van der Waals surface area contributed by atoms with E-state index in [0.29, 0.717) is 12.0 Å². The number of nitrogens with zero attached hydrogens (tertiary/aromatic N) is 1. The second kappa shape index (κ2) is 5.35. The highest BCUT2D eigenvalue weighted by molar-refractivity contribution is 7.09. The van der Waals surface area contributed by atoms with E-state index in [1.807, 2.05) is 11.6 Å². The summed E-state index contributed by atoms with van der Waals surface area (Å²) in [4.78, 5) is 4.34. The molecule has 1 aromatic heterocycles. The normalized spacial score (nSPS) is 13.5. The van der Waals surface area contributed by atoms with Gasteiger partial charge in [0, 0.05) is 11.6 Å². The minimum atomic E-state index is 0.449. The first-order valence-electron chi connectivity index (χ1n) is 4.86. The monoisotopic (exact) mass is 198 g/mol. The van der Waals surface area contributed by atoms with Crippen molar-refractivity contribution in [2.24, 2.45) is 5.92 Å². The van der Waals surface area contributed by atoms with Gasteiger partial charge in [-0.1, -0.05) is 20.8 Å². The van der Waals surface area contributed by atoms with E-state index >= 15 is 0 Å². The van der Waals surface area contributed by atoms with E-state index in [0.717, 1.165) is 6.54 Å². The van der Waals surface area contributed by atoms with Gasteiger partial charge >= 0.3 is 0 Å². The largest absolute Gasteiger partial charge is 0.308 e. The van der Waals surface area contributed by atoms with Gasteiger partial charge in [-0.2, -0.15) is 0 Å². The van der Waals surface area contributed by atoms with Crippen molar-refractivity contribution in [2.75, 3.05) is 6.54 Å². The molecule has 0 aliphatic rings. The van der Waals surface area contributed by atoms with Gasteiger partial charge in [0.1, 0.15) is 5.01 Å². The number of thiazole rings is 1. The molecule has 0 amide bonds. The summed E-state index contributed by atoms with van der Waals surface area (Å²) in [7, 11) is 0. The van der Waals surface area contributed by atoms with E-state index in [4.69, 9.17) is 0 Å². The SMILES string of the molecule is CCNC(CC(C)C)c1nccs1. The molecule has 0 fully saturated rings. The maximum atomic E-state index is 4.34. The zero-order valence-corrected chi connectivity index (χ0v) is 9.40. The van der Waals surface area contributed by atoms with Crippen LogP contribution in [0.2, 0.25) is 0 Å². The zero-order valence-electron chi connectivity index (χ0n) is 8.58. The predicted molar refractivity (Wildman–Crippen MR) is 58.0 cm³/mol. The van der Waals surface area contributed by atoms with Crippen molar-refractivity contribution in [1.82, 2.24) is 10.3 Å². The molecule has 1 aromatic rings. The molecule has 0 aromatic carbocycles. The highest BCUT2D eigenvalue weighted by atomic mass is 32.1. The summed E-state index contributed by atoms with van der Waals surface area (Å²) in [5.41, 5.74) is 0. The zero-order chi connectivity index (χ0) is 9.68. The topological polar surface area (TPSA) is 24.9 Å². The van der Waals surface area contributed by atoms with Crippen LogP contribution < -0.4 is 5.32 Å². The molecule has 1 heterocycles. The van der Waals surface area contributed by atoms with Gasteiger partial charge in [-0.15, -0.1) is 11.3 Å². The molecule has 0 spiro atoms. The Morgan fingerprint density at radius 2 is 2.31 bits per heavy atom. The molecular formula is C10H18N2S. The lowest BCUT2D eigenvalue weighted by atomic mass is 10.0. The van der Waals surface area contributed by atoms with E-state index in [9.17, 15) is 0 Å². The molecule has 1 N–H and O–H groups in total. The van der Waals surface area contributed by atoms with Crippen LogP contribution >= 0.6 is 11.3 Å². The molecule has 0 aliphatic heterocycles. The summed E-state index contributed by atoms with van der Waals surface area (Å²) in [6, 6.07) is 0.449. The second-order valence-electron chi connectivity index (χ2n) is 3.61. The number of hydrogen-bond acceptors (Lipinski definition) is 3. The molecule has 2 nitrogen and oxygen atoms in total. The van der Waals surface area contributed by atoms with Crippen LogP contribution in [0, 0.1) is 5.92 Å². The Morgan fingerprint density at radius 1 is 1.54 bits per heavy atom. The minimum absolute atomic E-state index is 0.449. The number of nitrogens with one attached hydrogen (secondary N) is 1. The summed E-state index contributed by atoms with van der Waals surface area (Å²) < 4.78 is 0. The number of aromatic nitrogens is 1. The lowest BCUT2D eigenvalue weighted by Crippen LogP contribution is -2.22. The summed E-state index contributed by atoms with van der Waals surface area (Å²) in [5, 5.41) is 6.72. The van der Waals surface area contributed by atoms with Crippen LogP contribution in [0.1, 0.15) is 38.2 Å².